The number of thioether (sulfide) groups is 1. The van der Waals surface area contributed by atoms with E-state index in [0.29, 0.717) is 5.75 Å². The molecule has 0 saturated heterocycles. The number of hydrogen-bond acceptors (Lipinski definition) is 9. The van der Waals surface area contributed by atoms with E-state index in [4.69, 9.17) is 15.6 Å². The number of aromatic hydroxyl groups is 1. The summed E-state index contributed by atoms with van der Waals surface area (Å²) in [6, 6.07) is 11.0. The molecule has 2 aromatic carbocycles. The van der Waals surface area contributed by atoms with Crippen LogP contribution in [-0.4, -0.2) is 93.6 Å². The highest BCUT2D eigenvalue weighted by atomic mass is 32.2. The van der Waals surface area contributed by atoms with E-state index in [1.54, 1.807) is 42.5 Å². The van der Waals surface area contributed by atoms with Crippen LogP contribution in [-0.2, 0) is 41.6 Å². The van der Waals surface area contributed by atoms with Crippen LogP contribution in [0.25, 0.3) is 0 Å². The number of rotatable bonds is 16. The molecule has 0 aromatic heterocycles. The van der Waals surface area contributed by atoms with Crippen molar-refractivity contribution in [2.24, 2.45) is 5.73 Å². The summed E-state index contributed by atoms with van der Waals surface area (Å²) in [6.07, 6.45) is 2.33. The molecular weight excluding hydrogens is 606 g/mol. The first-order valence-electron chi connectivity index (χ1n) is 13.9. The molecule has 0 heterocycles. The Morgan fingerprint density at radius 2 is 1.38 bits per heavy atom. The first-order valence-corrected chi connectivity index (χ1v) is 15.3. The van der Waals surface area contributed by atoms with Crippen molar-refractivity contribution in [1.29, 1.82) is 0 Å². The summed E-state index contributed by atoms with van der Waals surface area (Å²) in [7, 11) is 0. The van der Waals surface area contributed by atoms with Crippen LogP contribution < -0.4 is 27.0 Å². The average molecular weight is 648 g/mol. The summed E-state index contributed by atoms with van der Waals surface area (Å²) in [5.41, 5.74) is 7.41. The number of amides is 4. The maximum absolute atomic E-state index is 13.0. The molecule has 246 valence electrons. The SMILES string of the molecule is CC(=O)O.CSCC[C@@H](NC(=O)C(Cc1ccccc1)NC(=O)CNC(=O)[C@@H](C)NC(=O)C(N)Cc1ccc(O)cc1)C(=O)O. The maximum Gasteiger partial charge on any atom is 0.326 e. The number of benzene rings is 2. The zero-order valence-electron chi connectivity index (χ0n) is 25.3. The fourth-order valence-electron chi connectivity index (χ4n) is 3.75. The summed E-state index contributed by atoms with van der Waals surface area (Å²) in [5.74, 6) is -3.95. The second kappa shape index (κ2) is 20.3. The number of carbonyl (C=O) groups is 6. The monoisotopic (exact) mass is 647 g/mol. The third kappa shape index (κ3) is 16.1. The number of phenols is 1. The molecule has 0 bridgehead atoms. The number of nitrogens with one attached hydrogen (secondary N) is 4. The Kier molecular flexibility index (Phi) is 17.4. The lowest BCUT2D eigenvalue weighted by atomic mass is 10.0. The third-order valence-corrected chi connectivity index (χ3v) is 6.71. The van der Waals surface area contributed by atoms with Crippen LogP contribution in [0.4, 0.5) is 0 Å². The van der Waals surface area contributed by atoms with Gasteiger partial charge >= 0.3 is 5.97 Å². The summed E-state index contributed by atoms with van der Waals surface area (Å²) < 4.78 is 0. The molecule has 15 heteroatoms. The predicted molar refractivity (Wildman–Crippen MR) is 168 cm³/mol. The smallest absolute Gasteiger partial charge is 0.326 e. The van der Waals surface area contributed by atoms with Crippen molar-refractivity contribution in [3.05, 3.63) is 65.7 Å². The van der Waals surface area contributed by atoms with Crippen LogP contribution in [0, 0.1) is 0 Å². The molecule has 0 spiro atoms. The van der Waals surface area contributed by atoms with Crippen LogP contribution in [0.1, 0.15) is 31.4 Å². The summed E-state index contributed by atoms with van der Waals surface area (Å²) in [6.45, 7) is 2.04. The Bertz CT molecular complexity index is 1270. The zero-order chi connectivity index (χ0) is 33.9. The number of phenolic OH excluding ortho intramolecular Hbond substituents is 1. The Balaban J connectivity index is 0.00000238. The van der Waals surface area contributed by atoms with Crippen molar-refractivity contribution >= 4 is 47.3 Å². The van der Waals surface area contributed by atoms with Gasteiger partial charge in [-0.25, -0.2) is 4.79 Å². The zero-order valence-corrected chi connectivity index (χ0v) is 26.1. The quantitative estimate of drug-likeness (QED) is 0.121. The molecule has 14 nitrogen and oxygen atoms in total. The maximum atomic E-state index is 13.0. The fourth-order valence-corrected chi connectivity index (χ4v) is 4.23. The molecule has 0 aliphatic heterocycles. The van der Waals surface area contributed by atoms with Crippen LogP contribution in [0.15, 0.2) is 54.6 Å². The van der Waals surface area contributed by atoms with Gasteiger partial charge in [-0.05, 0) is 55.0 Å². The van der Waals surface area contributed by atoms with Crippen LogP contribution in [0.5, 0.6) is 5.75 Å². The van der Waals surface area contributed by atoms with Gasteiger partial charge < -0.3 is 42.3 Å². The number of carbonyl (C=O) groups excluding carboxylic acids is 4. The van der Waals surface area contributed by atoms with Gasteiger partial charge in [0.15, 0.2) is 0 Å². The van der Waals surface area contributed by atoms with Crippen molar-refractivity contribution in [2.75, 3.05) is 18.6 Å². The van der Waals surface area contributed by atoms with Crippen molar-refractivity contribution in [3.63, 3.8) is 0 Å². The Labute approximate surface area is 265 Å². The largest absolute Gasteiger partial charge is 0.508 e. The minimum Gasteiger partial charge on any atom is -0.508 e. The average Bonchev–Trinajstić information content (AvgIpc) is 2.98. The van der Waals surface area contributed by atoms with Gasteiger partial charge in [0.1, 0.15) is 23.9 Å². The van der Waals surface area contributed by atoms with Gasteiger partial charge in [0.05, 0.1) is 12.6 Å². The minimum atomic E-state index is -1.18. The van der Waals surface area contributed by atoms with Crippen molar-refractivity contribution in [2.45, 2.75) is 57.3 Å². The van der Waals surface area contributed by atoms with Crippen LogP contribution in [0.3, 0.4) is 0 Å². The molecule has 0 saturated carbocycles. The minimum absolute atomic E-state index is 0.0868. The lowest BCUT2D eigenvalue weighted by Crippen LogP contribution is -2.55. The summed E-state index contributed by atoms with van der Waals surface area (Å²) >= 11 is 1.45. The first kappa shape index (κ1) is 38.4. The molecule has 2 aromatic rings. The molecule has 4 amide bonds. The molecular formula is C30H41N5O9S. The molecule has 45 heavy (non-hydrogen) atoms. The molecule has 9 N–H and O–H groups in total. The molecule has 2 rings (SSSR count). The summed E-state index contributed by atoms with van der Waals surface area (Å²) in [4.78, 5) is 71.2. The molecule has 0 fully saturated rings. The molecule has 0 radical (unpaired) electrons. The van der Waals surface area contributed by atoms with E-state index in [2.05, 4.69) is 21.3 Å². The van der Waals surface area contributed by atoms with E-state index >= 15 is 0 Å². The van der Waals surface area contributed by atoms with Gasteiger partial charge in [-0.15, -0.1) is 0 Å². The van der Waals surface area contributed by atoms with Gasteiger partial charge in [0.2, 0.25) is 23.6 Å². The lowest BCUT2D eigenvalue weighted by Gasteiger charge is -2.22. The van der Waals surface area contributed by atoms with E-state index in [9.17, 15) is 34.2 Å². The van der Waals surface area contributed by atoms with Gasteiger partial charge in [-0.2, -0.15) is 11.8 Å². The highest BCUT2D eigenvalue weighted by molar-refractivity contribution is 7.98. The highest BCUT2D eigenvalue weighted by Gasteiger charge is 2.27. The number of carboxylic acid groups (broad SMARTS) is 2. The van der Waals surface area contributed by atoms with Gasteiger partial charge in [-0.1, -0.05) is 42.5 Å². The number of hydrogen-bond donors (Lipinski definition) is 8. The number of carboxylic acids is 2. The molecule has 2 unspecified atom stereocenters. The molecule has 0 aliphatic carbocycles. The molecule has 0 aliphatic rings. The van der Waals surface area contributed by atoms with Crippen LogP contribution >= 0.6 is 11.8 Å². The van der Waals surface area contributed by atoms with E-state index in [1.165, 1.54) is 30.8 Å². The van der Waals surface area contributed by atoms with Gasteiger partial charge in [0.25, 0.3) is 5.97 Å². The summed E-state index contributed by atoms with van der Waals surface area (Å²) in [5, 5.41) is 36.2. The van der Waals surface area contributed by atoms with Gasteiger partial charge in [0, 0.05) is 13.3 Å². The number of nitrogens with two attached hydrogens (primary N) is 1. The second-order valence-corrected chi connectivity index (χ2v) is 10.9. The topological polar surface area (TPSA) is 237 Å². The fraction of sp³-hybridized carbons (Fsp3) is 0.400. The third-order valence-electron chi connectivity index (χ3n) is 6.06. The Morgan fingerprint density at radius 1 is 0.800 bits per heavy atom. The van der Waals surface area contributed by atoms with Crippen molar-refractivity contribution in [3.8, 4) is 5.75 Å². The highest BCUT2D eigenvalue weighted by Crippen LogP contribution is 2.11. The van der Waals surface area contributed by atoms with E-state index in [1.807, 2.05) is 6.26 Å². The molecule has 4 atom stereocenters. The number of aliphatic carboxylic acids is 2. The normalized spacial score (nSPS) is 13.0. The predicted octanol–water partition coefficient (Wildman–Crippen LogP) is 0.0238. The standard InChI is InChI=1S/C28H37N5O7S.C2H4O2/c1-17(31-26(37)21(29)14-19-8-10-20(34)11-9-19)25(36)30-16-24(35)32-23(15-18-6-4-3-5-7-18)27(38)33-22(28(39)40)12-13-41-2;1-2(3)4/h3-11,17,21-23,34H,12-16,29H2,1-2H3,(H,30,36)(H,31,37)(H,32,35)(H,33,38)(H,39,40);1H3,(H,3,4)/t17-,21?,22-,23?;/m1./s1. The Morgan fingerprint density at radius 3 is 1.93 bits per heavy atom. The first-order chi connectivity index (χ1) is 21.2. The van der Waals surface area contributed by atoms with E-state index in [0.717, 1.165) is 18.1 Å². The van der Waals surface area contributed by atoms with E-state index in [-0.39, 0.29) is 25.0 Å². The second-order valence-electron chi connectivity index (χ2n) is 9.93. The lowest BCUT2D eigenvalue weighted by molar-refractivity contribution is -0.142. The van der Waals surface area contributed by atoms with Crippen LogP contribution in [0.2, 0.25) is 0 Å². The Hall–Kier alpha value is -4.63. The van der Waals surface area contributed by atoms with E-state index < -0.39 is 66.3 Å². The van der Waals surface area contributed by atoms with Gasteiger partial charge in [-0.3, -0.25) is 24.0 Å². The van der Waals surface area contributed by atoms with Crippen molar-refractivity contribution in [1.82, 2.24) is 21.3 Å². The van der Waals surface area contributed by atoms with Crippen molar-refractivity contribution < 1.29 is 44.1 Å².